The van der Waals surface area contributed by atoms with Gasteiger partial charge < -0.3 is 5.32 Å². The van der Waals surface area contributed by atoms with Crippen molar-refractivity contribution in [1.82, 2.24) is 5.32 Å². The van der Waals surface area contributed by atoms with Crippen molar-refractivity contribution in [3.05, 3.63) is 0 Å². The number of nitriles is 1. The van der Waals surface area contributed by atoms with Crippen LogP contribution in [0, 0.1) is 11.5 Å². The zero-order valence-corrected chi connectivity index (χ0v) is 3.24. The van der Waals surface area contributed by atoms with Gasteiger partial charge in [-0.3, -0.25) is 0 Å². The lowest BCUT2D eigenvalue weighted by Gasteiger charge is -1.81. The number of nitrogens with zero attached hydrogens (tertiary/aromatic N) is 1. The van der Waals surface area contributed by atoms with Crippen molar-refractivity contribution in [1.29, 1.82) is 5.26 Å². The number of rotatable bonds is 2. The van der Waals surface area contributed by atoms with Gasteiger partial charge in [0.05, 0.1) is 6.54 Å². The van der Waals surface area contributed by atoms with E-state index in [4.69, 9.17) is 5.26 Å². The Morgan fingerprint density at radius 2 is 2.50 bits per heavy atom. The molecule has 6 heavy (non-hydrogen) atoms. The van der Waals surface area contributed by atoms with E-state index in [0.717, 1.165) is 0 Å². The van der Waals surface area contributed by atoms with Crippen LogP contribution >= 0.6 is 0 Å². The molecule has 0 saturated carbocycles. The molecule has 0 radical (unpaired) electrons. The Morgan fingerprint density at radius 3 is 2.67 bits per heavy atom. The van der Waals surface area contributed by atoms with Gasteiger partial charge in [-0.25, -0.2) is 4.39 Å². The highest BCUT2D eigenvalue weighted by Crippen LogP contribution is 1.57. The summed E-state index contributed by atoms with van der Waals surface area (Å²) in [5.74, 6) is 0. The zero-order valence-electron chi connectivity index (χ0n) is 3.24. The molecule has 34 valence electrons. The van der Waals surface area contributed by atoms with Crippen LogP contribution in [0.5, 0.6) is 0 Å². The van der Waals surface area contributed by atoms with E-state index in [2.05, 4.69) is 5.32 Å². The number of alkyl halides is 1. The molecule has 2 nitrogen and oxygen atoms in total. The largest absolute Gasteiger partial charge is 0.321 e. The second-order valence-electron chi connectivity index (χ2n) is 0.728. The van der Waals surface area contributed by atoms with Crippen LogP contribution in [0.1, 0.15) is 0 Å². The average Bonchev–Trinajstić information content (AvgIpc) is 1.61. The van der Waals surface area contributed by atoms with Crippen LogP contribution < -0.4 is 5.32 Å². The first-order chi connectivity index (χ1) is 2.91. The second kappa shape index (κ2) is 4.22. The highest BCUT2D eigenvalue weighted by Gasteiger charge is 1.72. The fourth-order valence-electron chi connectivity index (χ4n) is 0.103. The van der Waals surface area contributed by atoms with Crippen molar-refractivity contribution in [2.45, 2.75) is 0 Å². The molecule has 0 aliphatic carbocycles. The lowest BCUT2D eigenvalue weighted by Crippen LogP contribution is -2.07. The van der Waals surface area contributed by atoms with Crippen LogP contribution in [0.4, 0.5) is 4.39 Å². The fourth-order valence-corrected chi connectivity index (χ4v) is 0.103. The van der Waals surface area contributed by atoms with Crippen molar-refractivity contribution in [3.63, 3.8) is 0 Å². The molecule has 0 unspecified atom stereocenters. The third-order valence-electron chi connectivity index (χ3n) is 0.299. The Balaban J connectivity index is 2.54. The van der Waals surface area contributed by atoms with Gasteiger partial charge in [-0.1, -0.05) is 0 Å². The monoisotopic (exact) mass is 88.0 g/mol. The van der Waals surface area contributed by atoms with E-state index in [-0.39, 0.29) is 6.54 Å². The predicted molar refractivity (Wildman–Crippen MR) is 19.6 cm³/mol. The third kappa shape index (κ3) is 3.22. The highest BCUT2D eigenvalue weighted by molar-refractivity contribution is 4.62. The summed E-state index contributed by atoms with van der Waals surface area (Å²) in [4.78, 5) is 0. The molecule has 0 rings (SSSR count). The number of halogens is 1. The van der Waals surface area contributed by atoms with E-state index in [1.807, 2.05) is 0 Å². The second-order valence-corrected chi connectivity index (χ2v) is 0.728. The molecule has 0 atom stereocenters. The average molecular weight is 88.1 g/mol. The summed E-state index contributed by atoms with van der Waals surface area (Å²) in [6.45, 7) is -0.343. The summed E-state index contributed by atoms with van der Waals surface area (Å²) >= 11 is 0. The third-order valence-corrected chi connectivity index (χ3v) is 0.299. The van der Waals surface area contributed by atoms with Crippen molar-refractivity contribution < 1.29 is 4.39 Å². The van der Waals surface area contributed by atoms with E-state index in [9.17, 15) is 4.39 Å². The maximum absolute atomic E-state index is 11.0. The van der Waals surface area contributed by atoms with Crippen LogP contribution in [0.25, 0.3) is 0 Å². The van der Waals surface area contributed by atoms with Crippen LogP contribution in [0.3, 0.4) is 0 Å². The Hall–Kier alpha value is -0.780. The molecule has 3 heteroatoms. The van der Waals surface area contributed by atoms with Crippen molar-refractivity contribution >= 4 is 0 Å². The van der Waals surface area contributed by atoms with E-state index < -0.39 is 6.67 Å². The van der Waals surface area contributed by atoms with Gasteiger partial charge in [-0.05, 0) is 0 Å². The molecule has 0 aromatic heterocycles. The van der Waals surface area contributed by atoms with E-state index in [1.54, 1.807) is 6.19 Å². The van der Waals surface area contributed by atoms with Gasteiger partial charge in [0.15, 0.2) is 6.19 Å². The summed E-state index contributed by atoms with van der Waals surface area (Å²) in [6.07, 6.45) is 1.58. The number of nitrogens with one attached hydrogen (secondary N) is 1. The minimum Gasteiger partial charge on any atom is -0.321 e. The summed E-state index contributed by atoms with van der Waals surface area (Å²) in [7, 11) is 0. The molecule has 0 amide bonds. The zero-order chi connectivity index (χ0) is 4.83. The Bertz CT molecular complexity index is 56.3. The molecule has 0 aromatic carbocycles. The van der Waals surface area contributed by atoms with Gasteiger partial charge >= 0.3 is 0 Å². The standard InChI is InChI=1S/C3H5FN2/c4-1-2-6-3-5/h6H,1-2H2. The van der Waals surface area contributed by atoms with Crippen LogP contribution in [-0.2, 0) is 0 Å². The fraction of sp³-hybridized carbons (Fsp3) is 0.667. The summed E-state index contributed by atoms with van der Waals surface area (Å²) in [6, 6.07) is 0. The van der Waals surface area contributed by atoms with Crippen molar-refractivity contribution in [2.75, 3.05) is 13.2 Å². The number of hydrogen-bond donors (Lipinski definition) is 1. The molecular weight excluding hydrogens is 83.0 g/mol. The maximum atomic E-state index is 11.0. The Labute approximate surface area is 35.6 Å². The molecule has 0 aliphatic heterocycles. The first-order valence-corrected chi connectivity index (χ1v) is 1.59. The SMILES string of the molecule is N#CNCCF. The maximum Gasteiger partial charge on any atom is 0.176 e. The van der Waals surface area contributed by atoms with Crippen LogP contribution in [0.2, 0.25) is 0 Å². The topological polar surface area (TPSA) is 35.8 Å². The molecule has 1 N–H and O–H groups in total. The molecule has 0 heterocycles. The van der Waals surface area contributed by atoms with Crippen LogP contribution in [-0.4, -0.2) is 13.2 Å². The molecular formula is C3H5FN2. The van der Waals surface area contributed by atoms with Gasteiger partial charge in [0, 0.05) is 0 Å². The smallest absolute Gasteiger partial charge is 0.176 e. The normalized spacial score (nSPS) is 6.67. The minimum absolute atomic E-state index is 0.135. The van der Waals surface area contributed by atoms with Gasteiger partial charge in [0.25, 0.3) is 0 Å². The molecule has 0 bridgehead atoms. The van der Waals surface area contributed by atoms with E-state index in [1.165, 1.54) is 0 Å². The number of hydrogen-bond acceptors (Lipinski definition) is 2. The molecule has 0 saturated heterocycles. The van der Waals surface area contributed by atoms with Gasteiger partial charge in [0.2, 0.25) is 0 Å². The van der Waals surface area contributed by atoms with E-state index in [0.29, 0.717) is 0 Å². The predicted octanol–water partition coefficient (Wildman–Crippen LogP) is 0.0266. The van der Waals surface area contributed by atoms with E-state index >= 15 is 0 Å². The quantitative estimate of drug-likeness (QED) is 0.293. The summed E-state index contributed by atoms with van der Waals surface area (Å²) in [5.41, 5.74) is 0. The lowest BCUT2D eigenvalue weighted by molar-refractivity contribution is 0.488. The van der Waals surface area contributed by atoms with Gasteiger partial charge in [0.1, 0.15) is 6.67 Å². The highest BCUT2D eigenvalue weighted by atomic mass is 19.1. The van der Waals surface area contributed by atoms with Gasteiger partial charge in [-0.15, -0.1) is 0 Å². The summed E-state index contributed by atoms with van der Waals surface area (Å²) in [5, 5.41) is 9.80. The summed E-state index contributed by atoms with van der Waals surface area (Å²) < 4.78 is 11.0. The molecule has 0 spiro atoms. The first-order valence-electron chi connectivity index (χ1n) is 1.59. The van der Waals surface area contributed by atoms with Crippen LogP contribution in [0.15, 0.2) is 0 Å². The van der Waals surface area contributed by atoms with Crippen molar-refractivity contribution in [3.8, 4) is 6.19 Å². The molecule has 0 fully saturated rings. The minimum atomic E-state index is -0.479. The molecule has 0 aromatic rings. The lowest BCUT2D eigenvalue weighted by atomic mass is 10.7. The van der Waals surface area contributed by atoms with Crippen molar-refractivity contribution in [2.24, 2.45) is 0 Å². The Morgan fingerprint density at radius 1 is 1.83 bits per heavy atom. The molecule has 0 aliphatic rings. The first kappa shape index (κ1) is 5.22. The Kier molecular flexibility index (Phi) is 3.67. The van der Waals surface area contributed by atoms with Gasteiger partial charge in [-0.2, -0.15) is 5.26 Å².